The van der Waals surface area contributed by atoms with Gasteiger partial charge in [0.1, 0.15) is 0 Å². The highest BCUT2D eigenvalue weighted by atomic mass is 19.2. The Hall–Kier alpha value is -3.35. The molecule has 5 nitrogen and oxygen atoms in total. The monoisotopic (exact) mass is 439 g/mol. The summed E-state index contributed by atoms with van der Waals surface area (Å²) >= 11 is 0. The van der Waals surface area contributed by atoms with E-state index in [-0.39, 0.29) is 17.2 Å². The number of aromatic nitrogens is 2. The van der Waals surface area contributed by atoms with Gasteiger partial charge in [0.2, 0.25) is 11.7 Å². The van der Waals surface area contributed by atoms with E-state index in [1.807, 2.05) is 30.3 Å². The van der Waals surface area contributed by atoms with Gasteiger partial charge in [-0.1, -0.05) is 62.9 Å². The number of anilines is 1. The van der Waals surface area contributed by atoms with Crippen molar-refractivity contribution >= 4 is 11.7 Å². The van der Waals surface area contributed by atoms with Crippen LogP contribution in [-0.4, -0.2) is 21.0 Å². The van der Waals surface area contributed by atoms with Crippen LogP contribution in [0, 0.1) is 11.6 Å². The molecule has 3 rings (SSSR count). The van der Waals surface area contributed by atoms with Crippen LogP contribution in [0.2, 0.25) is 0 Å². The largest absolute Gasteiger partial charge is 0.505 e. The summed E-state index contributed by atoms with van der Waals surface area (Å²) in [7, 11) is 0. The van der Waals surface area contributed by atoms with Gasteiger partial charge in [-0.25, -0.2) is 14.4 Å². The lowest BCUT2D eigenvalue weighted by Crippen LogP contribution is -2.15. The molecule has 0 spiro atoms. The van der Waals surface area contributed by atoms with E-state index in [1.54, 1.807) is 0 Å². The van der Waals surface area contributed by atoms with Crippen molar-refractivity contribution in [2.75, 3.05) is 5.32 Å². The maximum atomic E-state index is 14.4. The van der Waals surface area contributed by atoms with Gasteiger partial charge in [-0.05, 0) is 24.1 Å². The summed E-state index contributed by atoms with van der Waals surface area (Å²) in [4.78, 5) is 21.2. The first-order valence-electron chi connectivity index (χ1n) is 10.9. The molecule has 0 atom stereocenters. The highest BCUT2D eigenvalue weighted by Crippen LogP contribution is 2.29. The van der Waals surface area contributed by atoms with Crippen molar-refractivity contribution in [2.24, 2.45) is 0 Å². The Bertz CT molecular complexity index is 1060. The molecule has 168 valence electrons. The lowest BCUT2D eigenvalue weighted by molar-refractivity contribution is -0.116. The van der Waals surface area contributed by atoms with Gasteiger partial charge in [-0.2, -0.15) is 4.39 Å². The van der Waals surface area contributed by atoms with E-state index in [4.69, 9.17) is 0 Å². The fourth-order valence-corrected chi connectivity index (χ4v) is 3.39. The standard InChI is InChI=1S/C25H27F2N3O2/c1-2-3-4-5-9-12-22(32)30-25-19(15-17-10-7-6-8-11-17)29-20(16-28-25)18-13-14-21(31)24(27)23(18)26/h6-8,10-11,13-14,16,31H,2-5,9,12,15H2,1H3,(H,28,30,32). The lowest BCUT2D eigenvalue weighted by atomic mass is 10.1. The molecule has 2 aromatic carbocycles. The Morgan fingerprint density at radius 3 is 2.50 bits per heavy atom. The number of unbranched alkanes of at least 4 members (excludes halogenated alkanes) is 4. The molecular weight excluding hydrogens is 412 g/mol. The SMILES string of the molecule is CCCCCCCC(=O)Nc1ncc(-c2ccc(O)c(F)c2F)nc1Cc1ccccc1. The summed E-state index contributed by atoms with van der Waals surface area (Å²) in [5.74, 6) is -3.16. The molecule has 7 heteroatoms. The van der Waals surface area contributed by atoms with Crippen molar-refractivity contribution in [3.05, 3.63) is 71.6 Å². The second-order valence-electron chi connectivity index (χ2n) is 7.69. The fourth-order valence-electron chi connectivity index (χ4n) is 3.39. The van der Waals surface area contributed by atoms with Crippen LogP contribution in [0.5, 0.6) is 5.75 Å². The second-order valence-corrected chi connectivity index (χ2v) is 7.69. The van der Waals surface area contributed by atoms with Crippen LogP contribution in [0.1, 0.15) is 56.7 Å². The predicted molar refractivity (Wildman–Crippen MR) is 120 cm³/mol. The number of carbonyl (C=O) groups is 1. The number of amides is 1. The van der Waals surface area contributed by atoms with E-state index in [9.17, 15) is 18.7 Å². The Morgan fingerprint density at radius 2 is 1.75 bits per heavy atom. The van der Waals surface area contributed by atoms with Crippen LogP contribution >= 0.6 is 0 Å². The minimum Gasteiger partial charge on any atom is -0.505 e. The molecule has 0 saturated heterocycles. The third-order valence-corrected chi connectivity index (χ3v) is 5.16. The molecule has 1 amide bonds. The van der Waals surface area contributed by atoms with E-state index in [0.717, 1.165) is 43.7 Å². The maximum Gasteiger partial charge on any atom is 0.225 e. The van der Waals surface area contributed by atoms with Crippen LogP contribution in [-0.2, 0) is 11.2 Å². The number of carbonyl (C=O) groups excluding carboxylic acids is 1. The highest BCUT2D eigenvalue weighted by Gasteiger charge is 2.18. The van der Waals surface area contributed by atoms with Gasteiger partial charge >= 0.3 is 0 Å². The first-order chi connectivity index (χ1) is 15.5. The molecule has 1 aromatic heterocycles. The molecule has 32 heavy (non-hydrogen) atoms. The van der Waals surface area contributed by atoms with E-state index >= 15 is 0 Å². The zero-order valence-corrected chi connectivity index (χ0v) is 18.1. The van der Waals surface area contributed by atoms with E-state index in [1.165, 1.54) is 12.3 Å². The van der Waals surface area contributed by atoms with Crippen LogP contribution in [0.15, 0.2) is 48.7 Å². The number of hydrogen-bond acceptors (Lipinski definition) is 4. The number of nitrogens with one attached hydrogen (secondary N) is 1. The minimum absolute atomic E-state index is 0.115. The van der Waals surface area contributed by atoms with Crippen molar-refractivity contribution in [3.63, 3.8) is 0 Å². The minimum atomic E-state index is -1.34. The van der Waals surface area contributed by atoms with Crippen LogP contribution < -0.4 is 5.32 Å². The molecule has 0 aliphatic heterocycles. The zero-order valence-electron chi connectivity index (χ0n) is 18.1. The molecular formula is C25H27F2N3O2. The van der Waals surface area contributed by atoms with Gasteiger partial charge in [-0.3, -0.25) is 4.79 Å². The predicted octanol–water partition coefficient (Wildman–Crippen LogP) is 6.02. The lowest BCUT2D eigenvalue weighted by Gasteiger charge is -2.12. The zero-order chi connectivity index (χ0) is 22.9. The molecule has 0 radical (unpaired) electrons. The van der Waals surface area contributed by atoms with Gasteiger partial charge in [0, 0.05) is 18.4 Å². The van der Waals surface area contributed by atoms with Crippen molar-refractivity contribution < 1.29 is 18.7 Å². The summed E-state index contributed by atoms with van der Waals surface area (Å²) in [6.45, 7) is 2.14. The summed E-state index contributed by atoms with van der Waals surface area (Å²) < 4.78 is 28.2. The average molecular weight is 440 g/mol. The molecule has 0 aliphatic carbocycles. The fraction of sp³-hybridized carbons (Fsp3) is 0.320. The third kappa shape index (κ3) is 6.09. The molecule has 0 aliphatic rings. The van der Waals surface area contributed by atoms with Gasteiger partial charge < -0.3 is 10.4 Å². The molecule has 0 fully saturated rings. The number of rotatable bonds is 10. The second kappa shape index (κ2) is 11.3. The number of hydrogen-bond donors (Lipinski definition) is 2. The quantitative estimate of drug-likeness (QED) is 0.379. The number of phenolic OH excluding ortho intramolecular Hbond substituents is 1. The van der Waals surface area contributed by atoms with Crippen LogP contribution in [0.4, 0.5) is 14.6 Å². The topological polar surface area (TPSA) is 75.1 Å². The smallest absolute Gasteiger partial charge is 0.225 e. The molecule has 2 N–H and O–H groups in total. The third-order valence-electron chi connectivity index (χ3n) is 5.16. The van der Waals surface area contributed by atoms with E-state index in [0.29, 0.717) is 24.4 Å². The first kappa shape index (κ1) is 23.3. The summed E-state index contributed by atoms with van der Waals surface area (Å²) in [5.41, 5.74) is 1.38. The Kier molecular flexibility index (Phi) is 8.25. The number of phenols is 1. The molecule has 1 heterocycles. The number of aromatic hydroxyl groups is 1. The normalized spacial score (nSPS) is 10.8. The van der Waals surface area contributed by atoms with Crippen molar-refractivity contribution in [1.29, 1.82) is 0 Å². The van der Waals surface area contributed by atoms with E-state index in [2.05, 4.69) is 22.2 Å². The van der Waals surface area contributed by atoms with Crippen LogP contribution in [0.25, 0.3) is 11.3 Å². The number of halogens is 2. The summed E-state index contributed by atoms with van der Waals surface area (Å²) in [6, 6.07) is 11.8. The Balaban J connectivity index is 1.85. The number of benzene rings is 2. The molecule has 0 unspecified atom stereocenters. The number of nitrogens with zero attached hydrogens (tertiary/aromatic N) is 2. The highest BCUT2D eigenvalue weighted by molar-refractivity contribution is 5.90. The van der Waals surface area contributed by atoms with Crippen molar-refractivity contribution in [1.82, 2.24) is 9.97 Å². The summed E-state index contributed by atoms with van der Waals surface area (Å²) in [6.07, 6.45) is 7.22. The van der Waals surface area contributed by atoms with Gasteiger partial charge in [0.15, 0.2) is 17.4 Å². The average Bonchev–Trinajstić information content (AvgIpc) is 2.79. The summed E-state index contributed by atoms with van der Waals surface area (Å²) in [5, 5.41) is 12.2. The van der Waals surface area contributed by atoms with E-state index < -0.39 is 17.4 Å². The van der Waals surface area contributed by atoms with Crippen molar-refractivity contribution in [2.45, 2.75) is 51.9 Å². The Morgan fingerprint density at radius 1 is 1.00 bits per heavy atom. The van der Waals surface area contributed by atoms with Gasteiger partial charge in [0.05, 0.1) is 17.6 Å². The van der Waals surface area contributed by atoms with Gasteiger partial charge in [-0.15, -0.1) is 0 Å². The maximum absolute atomic E-state index is 14.4. The van der Waals surface area contributed by atoms with Crippen molar-refractivity contribution in [3.8, 4) is 17.0 Å². The molecule has 0 bridgehead atoms. The van der Waals surface area contributed by atoms with Crippen LogP contribution in [0.3, 0.4) is 0 Å². The Labute approximate surface area is 186 Å². The van der Waals surface area contributed by atoms with Gasteiger partial charge in [0.25, 0.3) is 0 Å². The molecule has 3 aromatic rings. The molecule has 0 saturated carbocycles. The first-order valence-corrected chi connectivity index (χ1v) is 10.9.